The summed E-state index contributed by atoms with van der Waals surface area (Å²) in [5.74, 6) is -0.558. The van der Waals surface area contributed by atoms with Gasteiger partial charge in [-0.3, -0.25) is 9.36 Å². The minimum Gasteiger partial charge on any atom is -0.383 e. The van der Waals surface area contributed by atoms with Crippen LogP contribution in [0, 0.1) is 13.8 Å². The van der Waals surface area contributed by atoms with E-state index in [1.54, 1.807) is 0 Å². The van der Waals surface area contributed by atoms with Crippen LogP contribution >= 0.6 is 0 Å². The van der Waals surface area contributed by atoms with Crippen LogP contribution < -0.4 is 11.1 Å². The lowest BCUT2D eigenvalue weighted by Crippen LogP contribution is -2.41. The van der Waals surface area contributed by atoms with E-state index in [2.05, 4.69) is 20.5 Å². The minimum atomic E-state index is -4.60. The molecule has 1 saturated heterocycles. The SMILES string of the molecule is Cc1nn(C)c(C)c1C(C)NC(=O)N1CC[C@]2(CCn3nc(-c4cnc(N)c(C(F)(F)F)c4)cc32)C1. The van der Waals surface area contributed by atoms with Crippen LogP contribution in [0.4, 0.5) is 23.8 Å². The van der Waals surface area contributed by atoms with E-state index in [-0.39, 0.29) is 23.1 Å². The highest BCUT2D eigenvalue weighted by Crippen LogP contribution is 2.44. The first-order chi connectivity index (χ1) is 16.9. The quantitative estimate of drug-likeness (QED) is 0.568. The Labute approximate surface area is 206 Å². The molecule has 0 aliphatic carbocycles. The number of nitrogen functional groups attached to an aromatic ring is 1. The highest BCUT2D eigenvalue weighted by molar-refractivity contribution is 5.75. The molecule has 0 saturated carbocycles. The van der Waals surface area contributed by atoms with Gasteiger partial charge in [-0.05, 0) is 45.7 Å². The van der Waals surface area contributed by atoms with Gasteiger partial charge in [0.15, 0.2) is 0 Å². The second-order valence-electron chi connectivity index (χ2n) is 9.87. The number of rotatable bonds is 3. The lowest BCUT2D eigenvalue weighted by atomic mass is 9.82. The number of aryl methyl sites for hydroxylation is 3. The molecule has 5 rings (SSSR count). The molecule has 2 aliphatic rings. The van der Waals surface area contributed by atoms with E-state index in [4.69, 9.17) is 5.73 Å². The summed E-state index contributed by atoms with van der Waals surface area (Å²) >= 11 is 0. The first-order valence-corrected chi connectivity index (χ1v) is 11.9. The molecule has 1 fully saturated rings. The van der Waals surface area contributed by atoms with Gasteiger partial charge in [0.2, 0.25) is 0 Å². The smallest absolute Gasteiger partial charge is 0.383 e. The van der Waals surface area contributed by atoms with Crippen LogP contribution in [-0.4, -0.2) is 48.6 Å². The maximum Gasteiger partial charge on any atom is 0.419 e. The summed E-state index contributed by atoms with van der Waals surface area (Å²) in [5, 5.41) is 12.1. The number of urea groups is 1. The van der Waals surface area contributed by atoms with Crippen molar-refractivity contribution in [3.8, 4) is 11.3 Å². The summed E-state index contributed by atoms with van der Waals surface area (Å²) in [5.41, 5.74) is 8.72. The Kier molecular flexibility index (Phi) is 5.53. The van der Waals surface area contributed by atoms with Crippen molar-refractivity contribution in [1.29, 1.82) is 0 Å². The summed E-state index contributed by atoms with van der Waals surface area (Å²) in [6, 6.07) is 2.49. The first-order valence-electron chi connectivity index (χ1n) is 11.9. The van der Waals surface area contributed by atoms with Crippen molar-refractivity contribution in [3.05, 3.63) is 46.5 Å². The molecule has 192 valence electrons. The molecule has 9 nitrogen and oxygen atoms in total. The fraction of sp³-hybridized carbons (Fsp3) is 0.500. The number of nitrogens with zero attached hydrogens (tertiary/aromatic N) is 6. The van der Waals surface area contributed by atoms with Gasteiger partial charge in [0.25, 0.3) is 0 Å². The zero-order valence-electron chi connectivity index (χ0n) is 20.6. The number of amides is 2. The third kappa shape index (κ3) is 3.88. The molecule has 3 N–H and O–H groups in total. The molecule has 1 spiro atoms. The fourth-order valence-corrected chi connectivity index (χ4v) is 5.67. The van der Waals surface area contributed by atoms with Crippen molar-refractivity contribution in [2.45, 2.75) is 57.8 Å². The largest absolute Gasteiger partial charge is 0.419 e. The highest BCUT2D eigenvalue weighted by atomic mass is 19.4. The Hall–Kier alpha value is -3.57. The van der Waals surface area contributed by atoms with Gasteiger partial charge in [-0.15, -0.1) is 0 Å². The van der Waals surface area contributed by atoms with E-state index in [0.29, 0.717) is 25.3 Å². The number of pyridine rings is 1. The van der Waals surface area contributed by atoms with Gasteiger partial charge in [0.1, 0.15) is 5.82 Å². The standard InChI is InChI=1S/C24H29F3N8O/c1-13(20-14(2)31-33(4)15(20)3)30-22(36)34-7-5-23(12-34)6-8-35-19(23)10-18(32-35)16-9-17(24(25,26)27)21(28)29-11-16/h9-11,13H,5-8,12H2,1-4H3,(H2,28,29)(H,30,36)/t13?,23-/m0/s1. The van der Waals surface area contributed by atoms with Gasteiger partial charge < -0.3 is 16.0 Å². The van der Waals surface area contributed by atoms with E-state index in [1.807, 2.05) is 48.1 Å². The van der Waals surface area contributed by atoms with Crippen LogP contribution in [0.2, 0.25) is 0 Å². The molecule has 3 aromatic rings. The summed E-state index contributed by atoms with van der Waals surface area (Å²) in [7, 11) is 1.88. The molecule has 12 heteroatoms. The van der Waals surface area contributed by atoms with Gasteiger partial charge >= 0.3 is 12.2 Å². The zero-order chi connectivity index (χ0) is 26.0. The molecule has 2 aliphatic heterocycles. The number of carbonyl (C=O) groups is 1. The van der Waals surface area contributed by atoms with Crippen LogP contribution in [0.3, 0.4) is 0 Å². The van der Waals surface area contributed by atoms with Gasteiger partial charge in [0, 0.05) is 60.8 Å². The van der Waals surface area contributed by atoms with Crippen molar-refractivity contribution in [2.75, 3.05) is 18.8 Å². The van der Waals surface area contributed by atoms with Crippen LogP contribution in [0.1, 0.15) is 54.0 Å². The van der Waals surface area contributed by atoms with Gasteiger partial charge in [0.05, 0.1) is 23.0 Å². The predicted molar refractivity (Wildman–Crippen MR) is 127 cm³/mol. The van der Waals surface area contributed by atoms with E-state index < -0.39 is 17.6 Å². The monoisotopic (exact) mass is 502 g/mol. The van der Waals surface area contributed by atoms with E-state index in [1.165, 1.54) is 6.20 Å². The number of nitrogens with two attached hydrogens (primary N) is 1. The van der Waals surface area contributed by atoms with Crippen LogP contribution in [0.15, 0.2) is 18.3 Å². The van der Waals surface area contributed by atoms with Crippen molar-refractivity contribution in [2.24, 2.45) is 7.05 Å². The Morgan fingerprint density at radius 3 is 2.58 bits per heavy atom. The number of halogens is 3. The normalized spacial score (nSPS) is 20.2. The van der Waals surface area contributed by atoms with E-state index >= 15 is 0 Å². The number of likely N-dealkylation sites (tertiary alicyclic amines) is 1. The average molecular weight is 503 g/mol. The van der Waals surface area contributed by atoms with Crippen LogP contribution in [0.25, 0.3) is 11.3 Å². The van der Waals surface area contributed by atoms with Crippen LogP contribution in [-0.2, 0) is 25.2 Å². The Balaban J connectivity index is 1.34. The minimum absolute atomic E-state index is 0.141. The summed E-state index contributed by atoms with van der Waals surface area (Å²) < 4.78 is 43.6. The van der Waals surface area contributed by atoms with Gasteiger partial charge in [-0.1, -0.05) is 0 Å². The molecule has 0 radical (unpaired) electrons. The molecule has 2 amide bonds. The fourth-order valence-electron chi connectivity index (χ4n) is 5.67. The molecular formula is C24H29F3N8O. The number of hydrogen-bond acceptors (Lipinski definition) is 5. The second-order valence-corrected chi connectivity index (χ2v) is 9.87. The maximum atomic E-state index is 13.3. The molecule has 5 heterocycles. The maximum absolute atomic E-state index is 13.3. The Morgan fingerprint density at radius 2 is 1.92 bits per heavy atom. The lowest BCUT2D eigenvalue weighted by molar-refractivity contribution is -0.137. The van der Waals surface area contributed by atoms with Crippen molar-refractivity contribution in [1.82, 2.24) is 34.8 Å². The number of alkyl halides is 3. The number of nitrogens with one attached hydrogen (secondary N) is 1. The van der Waals surface area contributed by atoms with Crippen LogP contribution in [0.5, 0.6) is 0 Å². The lowest BCUT2D eigenvalue weighted by Gasteiger charge is -2.25. The molecule has 0 bridgehead atoms. The Morgan fingerprint density at radius 1 is 1.19 bits per heavy atom. The van der Waals surface area contributed by atoms with E-state index in [0.717, 1.165) is 41.6 Å². The number of anilines is 1. The summed E-state index contributed by atoms with van der Waals surface area (Å²) in [6.45, 7) is 7.62. The van der Waals surface area contributed by atoms with Crippen molar-refractivity contribution >= 4 is 11.8 Å². The topological polar surface area (TPSA) is 107 Å². The Bertz CT molecular complexity index is 1340. The molecule has 36 heavy (non-hydrogen) atoms. The summed E-state index contributed by atoms with van der Waals surface area (Å²) in [4.78, 5) is 18.7. The van der Waals surface area contributed by atoms with E-state index in [9.17, 15) is 18.0 Å². The van der Waals surface area contributed by atoms with Crippen molar-refractivity contribution < 1.29 is 18.0 Å². The number of hydrogen-bond donors (Lipinski definition) is 2. The number of carbonyl (C=O) groups excluding carboxylic acids is 1. The molecule has 3 aromatic heterocycles. The van der Waals surface area contributed by atoms with Crippen molar-refractivity contribution in [3.63, 3.8) is 0 Å². The number of aromatic nitrogens is 5. The molecule has 1 unspecified atom stereocenters. The molecule has 0 aromatic carbocycles. The van der Waals surface area contributed by atoms with Gasteiger partial charge in [-0.2, -0.15) is 23.4 Å². The molecular weight excluding hydrogens is 473 g/mol. The number of fused-ring (bicyclic) bond motifs is 2. The highest BCUT2D eigenvalue weighted by Gasteiger charge is 2.47. The zero-order valence-corrected chi connectivity index (χ0v) is 20.6. The average Bonchev–Trinajstić information content (AvgIpc) is 3.54. The third-order valence-corrected chi connectivity index (χ3v) is 7.62. The summed E-state index contributed by atoms with van der Waals surface area (Å²) in [6.07, 6.45) is -1.70. The predicted octanol–water partition coefficient (Wildman–Crippen LogP) is 3.71. The second kappa shape index (κ2) is 8.24. The molecule has 2 atom stereocenters. The first kappa shape index (κ1) is 24.1. The van der Waals surface area contributed by atoms with Gasteiger partial charge in [-0.25, -0.2) is 9.78 Å². The third-order valence-electron chi connectivity index (χ3n) is 7.62.